The molecule has 0 spiro atoms. The smallest absolute Gasteiger partial charge is 0.315 e. The molecule has 0 radical (unpaired) electrons. The summed E-state index contributed by atoms with van der Waals surface area (Å²) in [6.07, 6.45) is -0.370. The minimum atomic E-state index is -0.587. The molecular weight excluding hydrogens is 282 g/mol. The summed E-state index contributed by atoms with van der Waals surface area (Å²) >= 11 is 0. The number of Topliss-reactive ketones (excluding diaryl/α,β-unsaturated/α-hetero) is 1. The second-order valence-corrected chi connectivity index (χ2v) is 6.10. The molecule has 0 saturated heterocycles. The van der Waals surface area contributed by atoms with E-state index in [0.29, 0.717) is 11.3 Å². The van der Waals surface area contributed by atoms with Gasteiger partial charge in [-0.2, -0.15) is 0 Å². The fraction of sp³-hybridized carbons (Fsp3) is 0.471. The van der Waals surface area contributed by atoms with E-state index in [0.717, 1.165) is 5.56 Å². The van der Waals surface area contributed by atoms with Gasteiger partial charge in [0.25, 0.3) is 0 Å². The zero-order valence-electron chi connectivity index (χ0n) is 13.8. The van der Waals surface area contributed by atoms with Gasteiger partial charge in [-0.05, 0) is 37.0 Å². The van der Waals surface area contributed by atoms with Crippen molar-refractivity contribution in [3.8, 4) is 0 Å². The van der Waals surface area contributed by atoms with Crippen LogP contribution in [-0.2, 0) is 19.7 Å². The number of esters is 1. The van der Waals surface area contributed by atoms with Crippen molar-refractivity contribution in [2.45, 2.75) is 46.5 Å². The maximum atomic E-state index is 11.9. The number of benzene rings is 1. The molecular formula is C17H23NO4. The van der Waals surface area contributed by atoms with E-state index in [1.807, 2.05) is 26.8 Å². The van der Waals surface area contributed by atoms with Crippen LogP contribution in [-0.4, -0.2) is 24.3 Å². The van der Waals surface area contributed by atoms with E-state index >= 15 is 0 Å². The fourth-order valence-corrected chi connectivity index (χ4v) is 1.96. The van der Waals surface area contributed by atoms with Crippen LogP contribution in [0.3, 0.4) is 0 Å². The number of carbonyl (C=O) groups excluding carboxylic acids is 3. The van der Waals surface area contributed by atoms with Crippen molar-refractivity contribution in [2.75, 3.05) is 11.9 Å². The first kappa shape index (κ1) is 17.9. The average Bonchev–Trinajstić information content (AvgIpc) is 2.37. The summed E-state index contributed by atoms with van der Waals surface area (Å²) in [5.74, 6) is -1.23. The van der Waals surface area contributed by atoms with Gasteiger partial charge < -0.3 is 10.1 Å². The van der Waals surface area contributed by atoms with Gasteiger partial charge in [-0.3, -0.25) is 14.4 Å². The third-order valence-electron chi connectivity index (χ3n) is 3.15. The number of amides is 1. The standard InChI is InChI=1S/C17H23NO4/c1-6-22-16(21)10-15(20)18-14-9-12(17(3,4)5)7-8-13(14)11(2)19/h7-9H,6,10H2,1-5H3,(H,18,20). The molecule has 0 atom stereocenters. The zero-order valence-corrected chi connectivity index (χ0v) is 13.8. The van der Waals surface area contributed by atoms with Crippen molar-refractivity contribution < 1.29 is 19.1 Å². The summed E-state index contributed by atoms with van der Waals surface area (Å²) in [5.41, 5.74) is 1.72. The summed E-state index contributed by atoms with van der Waals surface area (Å²) in [4.78, 5) is 34.9. The number of nitrogens with one attached hydrogen (secondary N) is 1. The van der Waals surface area contributed by atoms with E-state index in [1.54, 1.807) is 19.1 Å². The first-order valence-corrected chi connectivity index (χ1v) is 7.26. The maximum absolute atomic E-state index is 11.9. The van der Waals surface area contributed by atoms with Crippen LogP contribution >= 0.6 is 0 Å². The van der Waals surface area contributed by atoms with Gasteiger partial charge in [0, 0.05) is 5.56 Å². The number of ether oxygens (including phenoxy) is 1. The molecule has 5 nitrogen and oxygen atoms in total. The summed E-state index contributed by atoms with van der Waals surface area (Å²) in [5, 5.41) is 2.63. The number of rotatable bonds is 5. The summed E-state index contributed by atoms with van der Waals surface area (Å²) < 4.78 is 4.74. The number of carbonyl (C=O) groups is 3. The Morgan fingerprint density at radius 1 is 1.18 bits per heavy atom. The van der Waals surface area contributed by atoms with Crippen LogP contribution in [0.15, 0.2) is 18.2 Å². The Kier molecular flexibility index (Phi) is 5.85. The van der Waals surface area contributed by atoms with E-state index in [2.05, 4.69) is 5.32 Å². The molecule has 5 heteroatoms. The van der Waals surface area contributed by atoms with Crippen LogP contribution < -0.4 is 5.32 Å². The Morgan fingerprint density at radius 3 is 2.32 bits per heavy atom. The van der Waals surface area contributed by atoms with Crippen molar-refractivity contribution >= 4 is 23.3 Å². The third kappa shape index (κ3) is 4.98. The van der Waals surface area contributed by atoms with Crippen LogP contribution in [0.4, 0.5) is 5.69 Å². The molecule has 0 aromatic heterocycles. The molecule has 0 unspecified atom stereocenters. The van der Waals surface area contributed by atoms with Gasteiger partial charge in [-0.1, -0.05) is 26.8 Å². The van der Waals surface area contributed by atoms with Crippen LogP contribution in [0.5, 0.6) is 0 Å². The normalized spacial score (nSPS) is 11.0. The predicted octanol–water partition coefficient (Wildman–Crippen LogP) is 3.08. The van der Waals surface area contributed by atoms with Crippen LogP contribution in [0.2, 0.25) is 0 Å². The fourth-order valence-electron chi connectivity index (χ4n) is 1.96. The van der Waals surface area contributed by atoms with Gasteiger partial charge in [0.15, 0.2) is 5.78 Å². The SMILES string of the molecule is CCOC(=O)CC(=O)Nc1cc(C(C)(C)C)ccc1C(C)=O. The highest BCUT2D eigenvalue weighted by Gasteiger charge is 2.19. The topological polar surface area (TPSA) is 72.5 Å². The van der Waals surface area contributed by atoms with Gasteiger partial charge >= 0.3 is 5.97 Å². The van der Waals surface area contributed by atoms with Crippen LogP contribution in [0, 0.1) is 0 Å². The quantitative estimate of drug-likeness (QED) is 0.515. The minimum absolute atomic E-state index is 0.115. The molecule has 0 saturated carbocycles. The van der Waals surface area contributed by atoms with Crippen LogP contribution in [0.1, 0.15) is 57.0 Å². The third-order valence-corrected chi connectivity index (χ3v) is 3.15. The Bertz CT molecular complexity index is 585. The molecule has 0 aliphatic heterocycles. The van der Waals surface area contributed by atoms with E-state index in [1.165, 1.54) is 6.92 Å². The molecule has 1 rings (SSSR count). The highest BCUT2D eigenvalue weighted by atomic mass is 16.5. The lowest BCUT2D eigenvalue weighted by molar-refractivity contribution is -0.145. The molecule has 0 bridgehead atoms. The molecule has 0 heterocycles. The lowest BCUT2D eigenvalue weighted by Crippen LogP contribution is -2.20. The number of ketones is 1. The van der Waals surface area contributed by atoms with Gasteiger partial charge in [-0.15, -0.1) is 0 Å². The van der Waals surface area contributed by atoms with Gasteiger partial charge in [0.05, 0.1) is 12.3 Å². The van der Waals surface area contributed by atoms with Crippen molar-refractivity contribution in [3.63, 3.8) is 0 Å². The number of hydrogen-bond donors (Lipinski definition) is 1. The van der Waals surface area contributed by atoms with Crippen molar-refractivity contribution in [1.82, 2.24) is 0 Å². The first-order valence-electron chi connectivity index (χ1n) is 7.26. The van der Waals surface area contributed by atoms with Crippen molar-refractivity contribution in [3.05, 3.63) is 29.3 Å². The molecule has 1 aromatic carbocycles. The van der Waals surface area contributed by atoms with Crippen molar-refractivity contribution in [2.24, 2.45) is 0 Å². The second kappa shape index (κ2) is 7.20. The molecule has 1 amide bonds. The van der Waals surface area contributed by atoms with Crippen molar-refractivity contribution in [1.29, 1.82) is 0 Å². The van der Waals surface area contributed by atoms with E-state index in [9.17, 15) is 14.4 Å². The lowest BCUT2D eigenvalue weighted by atomic mass is 9.86. The summed E-state index contributed by atoms with van der Waals surface area (Å²) in [7, 11) is 0. The molecule has 1 N–H and O–H groups in total. The molecule has 0 aliphatic rings. The molecule has 120 valence electrons. The number of hydrogen-bond acceptors (Lipinski definition) is 4. The van der Waals surface area contributed by atoms with Gasteiger partial charge in [0.2, 0.25) is 5.91 Å². The monoisotopic (exact) mass is 305 g/mol. The zero-order chi connectivity index (χ0) is 16.9. The molecule has 0 fully saturated rings. The van der Waals surface area contributed by atoms with Gasteiger partial charge in [0.1, 0.15) is 6.42 Å². The molecule has 22 heavy (non-hydrogen) atoms. The summed E-state index contributed by atoms with van der Waals surface area (Å²) in [6.45, 7) is 9.47. The Labute approximate surface area is 131 Å². The Balaban J connectivity index is 3.02. The highest BCUT2D eigenvalue weighted by molar-refractivity contribution is 6.07. The van der Waals surface area contributed by atoms with E-state index in [-0.39, 0.29) is 24.2 Å². The van der Waals surface area contributed by atoms with Gasteiger partial charge in [-0.25, -0.2) is 0 Å². The molecule has 1 aromatic rings. The second-order valence-electron chi connectivity index (χ2n) is 6.10. The maximum Gasteiger partial charge on any atom is 0.315 e. The predicted molar refractivity (Wildman–Crippen MR) is 85.0 cm³/mol. The van der Waals surface area contributed by atoms with E-state index in [4.69, 9.17) is 4.74 Å². The van der Waals surface area contributed by atoms with E-state index < -0.39 is 11.9 Å². The lowest BCUT2D eigenvalue weighted by Gasteiger charge is -2.21. The molecule has 0 aliphatic carbocycles. The Morgan fingerprint density at radius 2 is 1.82 bits per heavy atom. The largest absolute Gasteiger partial charge is 0.466 e. The Hall–Kier alpha value is -2.17. The van der Waals surface area contributed by atoms with Crippen LogP contribution in [0.25, 0.3) is 0 Å². The number of anilines is 1. The average molecular weight is 305 g/mol. The summed E-state index contributed by atoms with van der Waals surface area (Å²) in [6, 6.07) is 5.35. The first-order chi connectivity index (χ1) is 10.1. The minimum Gasteiger partial charge on any atom is -0.466 e. The highest BCUT2D eigenvalue weighted by Crippen LogP contribution is 2.27.